The molecule has 2 saturated heterocycles. The number of alkyl carbamates (subject to hydrolysis) is 1. The van der Waals surface area contributed by atoms with E-state index in [0.29, 0.717) is 36.1 Å². The van der Waals surface area contributed by atoms with E-state index in [0.717, 1.165) is 25.2 Å². The first kappa shape index (κ1) is 26.8. The summed E-state index contributed by atoms with van der Waals surface area (Å²) in [5.74, 6) is 0.329. The number of nitrogen functional groups attached to an aromatic ring is 1. The van der Waals surface area contributed by atoms with Crippen molar-refractivity contribution in [1.29, 1.82) is 0 Å². The average Bonchev–Trinajstić information content (AvgIpc) is 3.44. The largest absolute Gasteiger partial charge is 0.444 e. The second-order valence-corrected chi connectivity index (χ2v) is 11.6. The van der Waals surface area contributed by atoms with Crippen LogP contribution in [-0.4, -0.2) is 85.9 Å². The molecule has 5 rings (SSSR count). The van der Waals surface area contributed by atoms with Crippen molar-refractivity contribution in [2.45, 2.75) is 96.4 Å². The summed E-state index contributed by atoms with van der Waals surface area (Å²) in [4.78, 5) is 27.4. The number of carbonyl (C=O) groups excluding carboxylic acids is 1. The molecule has 0 bridgehead atoms. The number of ether oxygens (including phenoxy) is 4. The molecule has 0 aromatic carbocycles. The maximum atomic E-state index is 11.9. The third-order valence-electron chi connectivity index (χ3n) is 6.81. The summed E-state index contributed by atoms with van der Waals surface area (Å²) >= 11 is 0. The van der Waals surface area contributed by atoms with Gasteiger partial charge in [0.05, 0.1) is 0 Å². The molecule has 12 heteroatoms. The second kappa shape index (κ2) is 10.1. The lowest BCUT2D eigenvalue weighted by Crippen LogP contribution is -2.41. The van der Waals surface area contributed by atoms with Gasteiger partial charge in [-0.05, 0) is 54.4 Å². The Morgan fingerprint density at radius 3 is 2.71 bits per heavy atom. The van der Waals surface area contributed by atoms with Crippen LogP contribution in [-0.2, 0) is 18.9 Å². The number of hydrogen-bond acceptors (Lipinski definition) is 10. The maximum absolute atomic E-state index is 11.9. The Balaban J connectivity index is 1.28. The van der Waals surface area contributed by atoms with Crippen molar-refractivity contribution in [3.05, 3.63) is 24.3 Å². The van der Waals surface area contributed by atoms with Crippen LogP contribution >= 0.6 is 0 Å². The lowest BCUT2D eigenvalue weighted by atomic mass is 10.1. The maximum Gasteiger partial charge on any atom is 0.407 e. The minimum Gasteiger partial charge on any atom is -0.444 e. The van der Waals surface area contributed by atoms with Crippen molar-refractivity contribution in [3.8, 4) is 0 Å². The Morgan fingerprint density at radius 1 is 1.26 bits per heavy atom. The van der Waals surface area contributed by atoms with Gasteiger partial charge < -0.3 is 30.0 Å². The Kier molecular flexibility index (Phi) is 7.10. The van der Waals surface area contributed by atoms with Gasteiger partial charge in [-0.25, -0.2) is 19.7 Å². The van der Waals surface area contributed by atoms with Crippen LogP contribution in [0.2, 0.25) is 0 Å². The normalized spacial score (nSPS) is 26.9. The molecule has 3 aliphatic rings. The van der Waals surface area contributed by atoms with Crippen LogP contribution in [0.25, 0.3) is 11.2 Å². The van der Waals surface area contributed by atoms with E-state index in [-0.39, 0.29) is 18.3 Å². The SMILES string of the molecule is Cc1nc2c(N)ncnc2n1[C@@H]1O[C@H](CN(C/C=C\CNC(=O)OC(C)(C)C)C2CC2)[C@H]2OC(C)(C)O[C@H]21. The average molecular weight is 530 g/mol. The lowest BCUT2D eigenvalue weighted by molar-refractivity contribution is -0.198. The van der Waals surface area contributed by atoms with Crippen molar-refractivity contribution >= 4 is 23.1 Å². The third-order valence-corrected chi connectivity index (χ3v) is 6.81. The summed E-state index contributed by atoms with van der Waals surface area (Å²) in [6.07, 6.45) is 6.10. The highest BCUT2D eigenvalue weighted by Gasteiger charge is 2.57. The Hall–Kier alpha value is -2.80. The van der Waals surface area contributed by atoms with Crippen molar-refractivity contribution in [3.63, 3.8) is 0 Å². The predicted molar refractivity (Wildman–Crippen MR) is 140 cm³/mol. The summed E-state index contributed by atoms with van der Waals surface area (Å²) in [5.41, 5.74) is 6.72. The van der Waals surface area contributed by atoms with E-state index in [1.165, 1.54) is 6.33 Å². The highest BCUT2D eigenvalue weighted by Crippen LogP contribution is 2.45. The van der Waals surface area contributed by atoms with Crippen molar-refractivity contribution in [2.75, 3.05) is 25.4 Å². The van der Waals surface area contributed by atoms with Crippen LogP contribution in [0.3, 0.4) is 0 Å². The zero-order valence-electron chi connectivity index (χ0n) is 23.0. The molecule has 0 radical (unpaired) electrons. The highest BCUT2D eigenvalue weighted by molar-refractivity contribution is 5.81. The summed E-state index contributed by atoms with van der Waals surface area (Å²) in [5, 5.41) is 2.76. The van der Waals surface area contributed by atoms with Crippen molar-refractivity contribution in [1.82, 2.24) is 29.7 Å². The van der Waals surface area contributed by atoms with E-state index in [9.17, 15) is 4.79 Å². The summed E-state index contributed by atoms with van der Waals surface area (Å²) in [6.45, 7) is 13.1. The molecule has 12 nitrogen and oxygen atoms in total. The number of fused-ring (bicyclic) bond motifs is 2. The Morgan fingerprint density at radius 2 is 2.00 bits per heavy atom. The first-order chi connectivity index (χ1) is 17.9. The van der Waals surface area contributed by atoms with Gasteiger partial charge >= 0.3 is 6.09 Å². The number of nitrogens with two attached hydrogens (primary N) is 1. The number of nitrogens with one attached hydrogen (secondary N) is 1. The quantitative estimate of drug-likeness (QED) is 0.491. The molecule has 1 saturated carbocycles. The van der Waals surface area contributed by atoms with E-state index < -0.39 is 23.7 Å². The number of nitrogens with zero attached hydrogens (tertiary/aromatic N) is 5. The fourth-order valence-electron chi connectivity index (χ4n) is 5.15. The topological polar surface area (TPSA) is 139 Å². The highest BCUT2D eigenvalue weighted by atomic mass is 16.8. The van der Waals surface area contributed by atoms with Gasteiger partial charge in [0.25, 0.3) is 0 Å². The van der Waals surface area contributed by atoms with Crippen LogP contribution < -0.4 is 11.1 Å². The lowest BCUT2D eigenvalue weighted by Gasteiger charge is -2.28. The van der Waals surface area contributed by atoms with E-state index >= 15 is 0 Å². The molecule has 3 N–H and O–H groups in total. The predicted octanol–water partition coefficient (Wildman–Crippen LogP) is 2.68. The molecular weight excluding hydrogens is 490 g/mol. The molecule has 0 spiro atoms. The van der Waals surface area contributed by atoms with Crippen LogP contribution in [0.4, 0.5) is 10.6 Å². The van der Waals surface area contributed by atoms with E-state index in [1.54, 1.807) is 0 Å². The van der Waals surface area contributed by atoms with Gasteiger partial charge in [0, 0.05) is 25.7 Å². The first-order valence-corrected chi connectivity index (χ1v) is 13.2. The Labute approximate surface area is 222 Å². The Bertz CT molecular complexity index is 1200. The number of anilines is 1. The zero-order valence-corrected chi connectivity index (χ0v) is 23.0. The molecule has 4 atom stereocenters. The van der Waals surface area contributed by atoms with E-state index in [4.69, 9.17) is 24.7 Å². The number of amides is 1. The number of hydrogen-bond donors (Lipinski definition) is 2. The van der Waals surface area contributed by atoms with Gasteiger partial charge in [-0.2, -0.15) is 0 Å². The minimum atomic E-state index is -0.731. The van der Waals surface area contributed by atoms with Crippen molar-refractivity contribution in [2.24, 2.45) is 0 Å². The number of aryl methyl sites for hydroxylation is 1. The first-order valence-electron chi connectivity index (χ1n) is 13.2. The van der Waals surface area contributed by atoms with Crippen LogP contribution in [0.1, 0.15) is 59.5 Å². The molecular formula is C26H39N7O5. The number of rotatable bonds is 8. The fourth-order valence-corrected chi connectivity index (χ4v) is 5.15. The smallest absolute Gasteiger partial charge is 0.407 e. The molecule has 4 heterocycles. The number of aromatic nitrogens is 4. The van der Waals surface area contributed by atoms with Gasteiger partial charge in [0.2, 0.25) is 0 Å². The summed E-state index contributed by atoms with van der Waals surface area (Å²) < 4.78 is 26.6. The molecule has 38 heavy (non-hydrogen) atoms. The summed E-state index contributed by atoms with van der Waals surface area (Å²) in [6, 6.07) is 0.498. The minimum absolute atomic E-state index is 0.211. The van der Waals surface area contributed by atoms with Crippen LogP contribution in [0.5, 0.6) is 0 Å². The molecule has 2 aliphatic heterocycles. The number of imidazole rings is 1. The molecule has 0 unspecified atom stereocenters. The van der Waals surface area contributed by atoms with Gasteiger partial charge in [-0.1, -0.05) is 12.2 Å². The van der Waals surface area contributed by atoms with Crippen molar-refractivity contribution < 1.29 is 23.7 Å². The second-order valence-electron chi connectivity index (χ2n) is 11.6. The van der Waals surface area contributed by atoms with Gasteiger partial charge in [0.1, 0.15) is 36.1 Å². The van der Waals surface area contributed by atoms with E-state index in [2.05, 4.69) is 31.2 Å². The molecule has 1 amide bonds. The van der Waals surface area contributed by atoms with Crippen LogP contribution in [0.15, 0.2) is 18.5 Å². The van der Waals surface area contributed by atoms with E-state index in [1.807, 2.05) is 52.2 Å². The summed E-state index contributed by atoms with van der Waals surface area (Å²) in [7, 11) is 0. The number of carbonyl (C=O) groups is 1. The zero-order chi connectivity index (χ0) is 27.2. The van der Waals surface area contributed by atoms with Gasteiger partial charge in [0.15, 0.2) is 29.0 Å². The van der Waals surface area contributed by atoms with Gasteiger partial charge in [-0.3, -0.25) is 9.47 Å². The molecule has 1 aliphatic carbocycles. The molecule has 3 fully saturated rings. The fraction of sp³-hybridized carbons (Fsp3) is 0.692. The van der Waals surface area contributed by atoms with Crippen LogP contribution in [0, 0.1) is 6.92 Å². The molecule has 2 aromatic rings. The third kappa shape index (κ3) is 5.78. The molecule has 2 aromatic heterocycles. The monoisotopic (exact) mass is 529 g/mol. The molecule has 208 valence electrons. The standard InChI is InChI=1S/C26H39N7O5/c1-15-31-18-21(27)29-14-30-22(18)33(15)23-20-19(36-26(5,6)37-20)17(35-23)13-32(16-9-10-16)12-8-7-11-28-24(34)38-25(2,3)4/h7-8,14,16-17,19-20,23H,9-13H2,1-6H3,(H,28,34)(H2,27,29,30)/b8-7-/t17-,19-,20-,23-/m1/s1. The van der Waals surface area contributed by atoms with Gasteiger partial charge in [-0.15, -0.1) is 0 Å².